The molecule has 108 valence electrons. The summed E-state index contributed by atoms with van der Waals surface area (Å²) in [6.07, 6.45) is 1.46. The number of methoxy groups -OCH3 is 2. The van der Waals surface area contributed by atoms with Crippen molar-refractivity contribution >= 4 is 12.4 Å². The summed E-state index contributed by atoms with van der Waals surface area (Å²) in [5, 5.41) is 19.8. The summed E-state index contributed by atoms with van der Waals surface area (Å²) >= 11 is 0. The summed E-state index contributed by atoms with van der Waals surface area (Å²) in [5.74, 6) is 0.813. The molecule has 1 aliphatic carbocycles. The van der Waals surface area contributed by atoms with Crippen molar-refractivity contribution in [2.24, 2.45) is 11.7 Å². The number of rotatable bonds is 5. The van der Waals surface area contributed by atoms with Crippen molar-refractivity contribution < 1.29 is 19.7 Å². The maximum absolute atomic E-state index is 10.0. The van der Waals surface area contributed by atoms with Crippen LogP contribution in [-0.2, 0) is 0 Å². The van der Waals surface area contributed by atoms with E-state index in [1.165, 1.54) is 14.2 Å². The van der Waals surface area contributed by atoms with E-state index in [0.717, 1.165) is 12.8 Å². The van der Waals surface area contributed by atoms with Crippen LogP contribution in [0.2, 0.25) is 0 Å². The number of hydrogen-bond acceptors (Lipinski definition) is 5. The second kappa shape index (κ2) is 6.32. The number of aromatic hydroxyl groups is 1. The highest BCUT2D eigenvalue weighted by atomic mass is 35.5. The minimum atomic E-state index is -0.566. The molecule has 0 unspecified atom stereocenters. The number of aliphatic hydroxyl groups is 1. The molecule has 0 aromatic heterocycles. The van der Waals surface area contributed by atoms with E-state index in [0.29, 0.717) is 17.1 Å². The van der Waals surface area contributed by atoms with Gasteiger partial charge in [-0.05, 0) is 36.5 Å². The Bertz CT molecular complexity index is 412. The van der Waals surface area contributed by atoms with Gasteiger partial charge < -0.3 is 25.4 Å². The third kappa shape index (κ3) is 3.23. The number of phenols is 1. The maximum Gasteiger partial charge on any atom is 0.200 e. The van der Waals surface area contributed by atoms with E-state index in [1.54, 1.807) is 12.1 Å². The fourth-order valence-electron chi connectivity index (χ4n) is 2.03. The molecule has 0 radical (unpaired) electrons. The molecule has 0 aliphatic heterocycles. The van der Waals surface area contributed by atoms with Gasteiger partial charge in [-0.25, -0.2) is 0 Å². The van der Waals surface area contributed by atoms with Crippen LogP contribution in [0, 0.1) is 5.92 Å². The zero-order chi connectivity index (χ0) is 13.3. The van der Waals surface area contributed by atoms with Crippen molar-refractivity contribution in [1.29, 1.82) is 0 Å². The first-order valence-corrected chi connectivity index (χ1v) is 5.97. The third-order valence-corrected chi connectivity index (χ3v) is 3.36. The highest BCUT2D eigenvalue weighted by molar-refractivity contribution is 5.85. The lowest BCUT2D eigenvalue weighted by atomic mass is 9.98. The first kappa shape index (κ1) is 15.9. The molecule has 1 saturated carbocycles. The van der Waals surface area contributed by atoms with Gasteiger partial charge in [0.2, 0.25) is 5.75 Å². The van der Waals surface area contributed by atoms with Crippen LogP contribution in [0.15, 0.2) is 12.1 Å². The van der Waals surface area contributed by atoms with E-state index in [4.69, 9.17) is 15.2 Å². The zero-order valence-electron chi connectivity index (χ0n) is 11.0. The van der Waals surface area contributed by atoms with E-state index in [9.17, 15) is 10.2 Å². The normalized spacial score (nSPS) is 17.3. The maximum atomic E-state index is 10.0. The Kier molecular flexibility index (Phi) is 5.29. The van der Waals surface area contributed by atoms with Crippen molar-refractivity contribution in [3.63, 3.8) is 0 Å². The molecule has 19 heavy (non-hydrogen) atoms. The second-order valence-electron chi connectivity index (χ2n) is 4.63. The largest absolute Gasteiger partial charge is 0.502 e. The monoisotopic (exact) mass is 289 g/mol. The van der Waals surface area contributed by atoms with Crippen LogP contribution in [0.1, 0.15) is 24.4 Å². The summed E-state index contributed by atoms with van der Waals surface area (Å²) < 4.78 is 10.1. The quantitative estimate of drug-likeness (QED) is 0.767. The molecular formula is C13H20ClNO4. The van der Waals surface area contributed by atoms with Crippen LogP contribution in [0.5, 0.6) is 17.2 Å². The van der Waals surface area contributed by atoms with E-state index in [-0.39, 0.29) is 24.1 Å². The van der Waals surface area contributed by atoms with Crippen LogP contribution < -0.4 is 15.2 Å². The Balaban J connectivity index is 0.00000180. The smallest absolute Gasteiger partial charge is 0.200 e. The zero-order valence-corrected chi connectivity index (χ0v) is 11.8. The molecule has 6 heteroatoms. The molecular weight excluding hydrogens is 270 g/mol. The molecule has 4 N–H and O–H groups in total. The van der Waals surface area contributed by atoms with Gasteiger partial charge in [-0.3, -0.25) is 0 Å². The molecule has 0 amide bonds. The predicted octanol–water partition coefficient (Wildman–Crippen LogP) is 1.60. The molecule has 0 bridgehead atoms. The first-order valence-electron chi connectivity index (χ1n) is 5.97. The number of nitrogens with two attached hydrogens (primary N) is 1. The van der Waals surface area contributed by atoms with Crippen LogP contribution in [0.4, 0.5) is 0 Å². The van der Waals surface area contributed by atoms with Crippen molar-refractivity contribution in [3.8, 4) is 17.2 Å². The molecule has 1 aromatic rings. The van der Waals surface area contributed by atoms with Crippen molar-refractivity contribution in [2.75, 3.05) is 14.2 Å². The lowest BCUT2D eigenvalue weighted by molar-refractivity contribution is 0.122. The number of hydrogen-bond donors (Lipinski definition) is 3. The molecule has 2 rings (SSSR count). The van der Waals surface area contributed by atoms with Crippen molar-refractivity contribution in [3.05, 3.63) is 17.7 Å². The Morgan fingerprint density at radius 1 is 1.21 bits per heavy atom. The third-order valence-electron chi connectivity index (χ3n) is 3.36. The van der Waals surface area contributed by atoms with E-state index in [1.807, 2.05) is 0 Å². The van der Waals surface area contributed by atoms with Crippen LogP contribution in [-0.4, -0.2) is 30.5 Å². The summed E-state index contributed by atoms with van der Waals surface area (Å²) in [6.45, 7) is 0. The van der Waals surface area contributed by atoms with Gasteiger partial charge >= 0.3 is 0 Å². The Hall–Kier alpha value is -1.17. The van der Waals surface area contributed by atoms with E-state index >= 15 is 0 Å². The van der Waals surface area contributed by atoms with Gasteiger partial charge in [0, 0.05) is 0 Å². The molecule has 0 saturated heterocycles. The SMILES string of the molecule is COc1cc([C@H](N)[C@H](O)C2CC2)cc(OC)c1O.Cl. The Morgan fingerprint density at radius 2 is 1.68 bits per heavy atom. The van der Waals surface area contributed by atoms with Gasteiger partial charge in [0.05, 0.1) is 26.4 Å². The highest BCUT2D eigenvalue weighted by Crippen LogP contribution is 2.42. The number of phenolic OH excluding ortho intramolecular Hbond substituents is 1. The fourth-order valence-corrected chi connectivity index (χ4v) is 2.03. The molecule has 5 nitrogen and oxygen atoms in total. The standard InChI is InChI=1S/C13H19NO4.ClH/c1-17-9-5-8(6-10(18-2)13(9)16)11(14)12(15)7-3-4-7;/h5-7,11-12,15-16H,3-4,14H2,1-2H3;1H/t11-,12+;/m0./s1. The van der Waals surface area contributed by atoms with E-state index in [2.05, 4.69) is 0 Å². The van der Waals surface area contributed by atoms with E-state index < -0.39 is 12.1 Å². The van der Waals surface area contributed by atoms with Crippen LogP contribution >= 0.6 is 12.4 Å². The molecule has 2 atom stereocenters. The van der Waals surface area contributed by atoms with Gasteiger partial charge in [0.1, 0.15) is 0 Å². The predicted molar refractivity (Wildman–Crippen MR) is 74.1 cm³/mol. The second-order valence-corrected chi connectivity index (χ2v) is 4.63. The van der Waals surface area contributed by atoms with Crippen molar-refractivity contribution in [2.45, 2.75) is 25.0 Å². The Labute approximate surface area is 118 Å². The lowest BCUT2D eigenvalue weighted by Crippen LogP contribution is -2.27. The number of aliphatic hydroxyl groups excluding tert-OH is 1. The number of ether oxygens (including phenoxy) is 2. The summed E-state index contributed by atoms with van der Waals surface area (Å²) in [5.41, 5.74) is 6.73. The van der Waals surface area contributed by atoms with Crippen LogP contribution in [0.3, 0.4) is 0 Å². The van der Waals surface area contributed by atoms with Crippen LogP contribution in [0.25, 0.3) is 0 Å². The fraction of sp³-hybridized carbons (Fsp3) is 0.538. The molecule has 1 aromatic carbocycles. The molecule has 0 heterocycles. The van der Waals surface area contributed by atoms with Gasteiger partial charge in [0.25, 0.3) is 0 Å². The number of benzene rings is 1. The van der Waals surface area contributed by atoms with Gasteiger partial charge in [-0.1, -0.05) is 0 Å². The average Bonchev–Trinajstić information content (AvgIpc) is 3.21. The summed E-state index contributed by atoms with van der Waals surface area (Å²) in [6, 6.07) is 2.77. The summed E-state index contributed by atoms with van der Waals surface area (Å²) in [7, 11) is 2.92. The van der Waals surface area contributed by atoms with Gasteiger partial charge in [0.15, 0.2) is 11.5 Å². The van der Waals surface area contributed by atoms with Crippen molar-refractivity contribution in [1.82, 2.24) is 0 Å². The molecule has 1 aliphatic rings. The number of halogens is 1. The minimum Gasteiger partial charge on any atom is -0.502 e. The summed E-state index contributed by atoms with van der Waals surface area (Å²) in [4.78, 5) is 0. The Morgan fingerprint density at radius 3 is 2.05 bits per heavy atom. The molecule has 0 spiro atoms. The molecule has 1 fully saturated rings. The topological polar surface area (TPSA) is 84.9 Å². The van der Waals surface area contributed by atoms with Gasteiger partial charge in [-0.2, -0.15) is 0 Å². The minimum absolute atomic E-state index is 0. The highest BCUT2D eigenvalue weighted by Gasteiger charge is 2.34. The average molecular weight is 290 g/mol. The first-order chi connectivity index (χ1) is 8.58. The lowest BCUT2D eigenvalue weighted by Gasteiger charge is -2.20. The van der Waals surface area contributed by atoms with Gasteiger partial charge in [-0.15, -0.1) is 12.4 Å².